The molecule has 0 saturated heterocycles. The lowest BCUT2D eigenvalue weighted by Crippen LogP contribution is -2.21. The smallest absolute Gasteiger partial charge is 0.127 e. The van der Waals surface area contributed by atoms with Gasteiger partial charge < -0.3 is 10.1 Å². The van der Waals surface area contributed by atoms with Crippen LogP contribution in [0.4, 0.5) is 4.39 Å². The van der Waals surface area contributed by atoms with Crippen molar-refractivity contribution in [2.24, 2.45) is 5.92 Å². The molecule has 0 saturated carbocycles. The summed E-state index contributed by atoms with van der Waals surface area (Å²) in [5, 5.41) is 3.88. The predicted octanol–water partition coefficient (Wildman–Crippen LogP) is 4.44. The maximum atomic E-state index is 13.8. The molecule has 0 heterocycles. The molecule has 1 rings (SSSR count). The number of hydrogen-bond acceptors (Lipinski definition) is 2. The first-order chi connectivity index (χ1) is 9.54. The summed E-state index contributed by atoms with van der Waals surface area (Å²) in [6.45, 7) is 4.77. The van der Waals surface area contributed by atoms with Gasteiger partial charge in [0.15, 0.2) is 0 Å². The van der Waals surface area contributed by atoms with E-state index >= 15 is 0 Å². The molecule has 0 radical (unpaired) electrons. The van der Waals surface area contributed by atoms with Crippen LogP contribution in [-0.4, -0.2) is 26.8 Å². The third-order valence-electron chi connectivity index (χ3n) is 3.29. The van der Waals surface area contributed by atoms with E-state index < -0.39 is 0 Å². The van der Waals surface area contributed by atoms with Crippen LogP contribution in [0.25, 0.3) is 0 Å². The summed E-state index contributed by atoms with van der Waals surface area (Å²) in [6.07, 6.45) is 2.76. The van der Waals surface area contributed by atoms with Crippen molar-refractivity contribution in [3.05, 3.63) is 33.0 Å². The molecule has 0 fully saturated rings. The van der Waals surface area contributed by atoms with Crippen LogP contribution in [0.3, 0.4) is 0 Å². The van der Waals surface area contributed by atoms with Gasteiger partial charge in [0.05, 0.1) is 11.6 Å². The Bertz CT molecular complexity index is 417. The van der Waals surface area contributed by atoms with Crippen molar-refractivity contribution in [3.8, 4) is 0 Å². The molecule has 2 nitrogen and oxygen atoms in total. The first kappa shape index (κ1) is 17.9. The zero-order valence-electron chi connectivity index (χ0n) is 12.0. The fraction of sp³-hybridized carbons (Fsp3) is 0.600. The lowest BCUT2D eigenvalue weighted by molar-refractivity contribution is 0.199. The van der Waals surface area contributed by atoms with E-state index in [0.717, 1.165) is 39.0 Å². The lowest BCUT2D eigenvalue weighted by atomic mass is 9.98. The van der Waals surface area contributed by atoms with Gasteiger partial charge in [0.1, 0.15) is 5.82 Å². The van der Waals surface area contributed by atoms with Gasteiger partial charge in [0.25, 0.3) is 0 Å². The number of hydrogen-bond donors (Lipinski definition) is 1. The molecule has 1 aromatic carbocycles. The Labute approximate surface area is 134 Å². The topological polar surface area (TPSA) is 21.3 Å². The van der Waals surface area contributed by atoms with Crippen molar-refractivity contribution in [1.29, 1.82) is 0 Å². The zero-order chi connectivity index (χ0) is 15.0. The maximum Gasteiger partial charge on any atom is 0.127 e. The third kappa shape index (κ3) is 6.53. The molecule has 20 heavy (non-hydrogen) atoms. The van der Waals surface area contributed by atoms with Crippen LogP contribution in [-0.2, 0) is 11.2 Å². The number of nitrogens with one attached hydrogen (secondary N) is 1. The monoisotopic (exact) mass is 365 g/mol. The van der Waals surface area contributed by atoms with Crippen LogP contribution in [0.1, 0.15) is 25.3 Å². The summed E-state index contributed by atoms with van der Waals surface area (Å²) in [6, 6.07) is 3.15. The summed E-state index contributed by atoms with van der Waals surface area (Å²) < 4.78 is 19.3. The lowest BCUT2D eigenvalue weighted by Gasteiger charge is -2.13. The summed E-state index contributed by atoms with van der Waals surface area (Å²) in [5.41, 5.74) is 0.692. The van der Waals surface area contributed by atoms with Gasteiger partial charge in [-0.05, 0) is 65.4 Å². The highest BCUT2D eigenvalue weighted by atomic mass is 79.9. The molecule has 1 N–H and O–H groups in total. The number of methoxy groups -OCH3 is 1. The Kier molecular flexibility index (Phi) is 8.69. The van der Waals surface area contributed by atoms with E-state index in [2.05, 4.69) is 28.2 Å². The van der Waals surface area contributed by atoms with Crippen molar-refractivity contribution in [1.82, 2.24) is 5.32 Å². The normalized spacial score (nSPS) is 12.7. The van der Waals surface area contributed by atoms with Crippen LogP contribution in [0.15, 0.2) is 16.6 Å². The van der Waals surface area contributed by atoms with Crippen molar-refractivity contribution in [2.45, 2.75) is 26.2 Å². The van der Waals surface area contributed by atoms with Gasteiger partial charge in [-0.25, -0.2) is 4.39 Å². The van der Waals surface area contributed by atoms with Gasteiger partial charge in [0, 0.05) is 18.1 Å². The molecule has 0 spiro atoms. The second kappa shape index (κ2) is 9.72. The number of halogens is 3. The van der Waals surface area contributed by atoms with Gasteiger partial charge in [0.2, 0.25) is 0 Å². The molecular weight excluding hydrogens is 345 g/mol. The summed E-state index contributed by atoms with van der Waals surface area (Å²) in [5.74, 6) is 0.360. The summed E-state index contributed by atoms with van der Waals surface area (Å²) in [4.78, 5) is 0. The molecule has 1 atom stereocenters. The Morgan fingerprint density at radius 3 is 2.80 bits per heavy atom. The fourth-order valence-electron chi connectivity index (χ4n) is 1.95. The van der Waals surface area contributed by atoms with E-state index in [1.165, 1.54) is 6.07 Å². The van der Waals surface area contributed by atoms with Gasteiger partial charge >= 0.3 is 0 Å². The van der Waals surface area contributed by atoms with Crippen molar-refractivity contribution < 1.29 is 9.13 Å². The first-order valence-electron chi connectivity index (χ1n) is 6.87. The van der Waals surface area contributed by atoms with Crippen LogP contribution >= 0.6 is 27.5 Å². The molecular formula is C15H22BrClFNO. The molecule has 114 valence electrons. The molecule has 0 aliphatic carbocycles. The minimum absolute atomic E-state index is 0.188. The summed E-state index contributed by atoms with van der Waals surface area (Å²) >= 11 is 9.22. The first-order valence-corrected chi connectivity index (χ1v) is 8.04. The minimum Gasteiger partial charge on any atom is -0.383 e. The van der Waals surface area contributed by atoms with E-state index in [1.54, 1.807) is 13.2 Å². The average molecular weight is 367 g/mol. The second-order valence-corrected chi connectivity index (χ2v) is 6.29. The number of aryl methyl sites for hydroxylation is 1. The molecule has 0 aliphatic rings. The van der Waals surface area contributed by atoms with Crippen LogP contribution in [0.2, 0.25) is 5.02 Å². The molecule has 5 heteroatoms. The Hall–Kier alpha value is -0.160. The standard InChI is InChI=1S/C15H22BrClFNO/c1-11(5-6-19-7-8-20-2)3-4-12-9-14(17)13(16)10-15(12)18/h9-11,19H,3-8H2,1-2H3. The van der Waals surface area contributed by atoms with Crippen LogP contribution < -0.4 is 5.32 Å². The van der Waals surface area contributed by atoms with Gasteiger partial charge in [-0.2, -0.15) is 0 Å². The minimum atomic E-state index is -0.188. The molecule has 0 aromatic heterocycles. The highest BCUT2D eigenvalue weighted by Crippen LogP contribution is 2.27. The van der Waals surface area contributed by atoms with E-state index in [4.69, 9.17) is 16.3 Å². The number of benzene rings is 1. The fourth-order valence-corrected chi connectivity index (χ4v) is 2.45. The summed E-state index contributed by atoms with van der Waals surface area (Å²) in [7, 11) is 1.70. The molecule has 1 unspecified atom stereocenters. The molecule has 1 aromatic rings. The Morgan fingerprint density at radius 1 is 1.35 bits per heavy atom. The second-order valence-electron chi connectivity index (χ2n) is 5.03. The maximum absolute atomic E-state index is 13.8. The zero-order valence-corrected chi connectivity index (χ0v) is 14.4. The van der Waals surface area contributed by atoms with Crippen molar-refractivity contribution in [2.75, 3.05) is 26.8 Å². The van der Waals surface area contributed by atoms with Crippen LogP contribution in [0, 0.1) is 11.7 Å². The highest BCUT2D eigenvalue weighted by Gasteiger charge is 2.09. The van der Waals surface area contributed by atoms with E-state index in [1.807, 2.05) is 0 Å². The van der Waals surface area contributed by atoms with Gasteiger partial charge in [-0.15, -0.1) is 0 Å². The molecule has 0 aliphatic heterocycles. The SMILES string of the molecule is COCCNCCC(C)CCc1cc(Cl)c(Br)cc1F. The van der Waals surface area contributed by atoms with E-state index in [0.29, 0.717) is 21.0 Å². The number of ether oxygens (including phenoxy) is 1. The molecule has 0 bridgehead atoms. The average Bonchev–Trinajstić information content (AvgIpc) is 2.41. The predicted molar refractivity (Wildman–Crippen MR) is 86.0 cm³/mol. The largest absolute Gasteiger partial charge is 0.383 e. The van der Waals surface area contributed by atoms with Gasteiger partial charge in [-0.1, -0.05) is 18.5 Å². The highest BCUT2D eigenvalue weighted by molar-refractivity contribution is 9.10. The van der Waals surface area contributed by atoms with Crippen LogP contribution in [0.5, 0.6) is 0 Å². The van der Waals surface area contributed by atoms with Gasteiger partial charge in [-0.3, -0.25) is 0 Å². The molecule has 0 amide bonds. The number of rotatable bonds is 9. The Balaban J connectivity index is 2.30. The third-order valence-corrected chi connectivity index (χ3v) is 4.49. The van der Waals surface area contributed by atoms with Crippen molar-refractivity contribution in [3.63, 3.8) is 0 Å². The Morgan fingerprint density at radius 2 is 2.10 bits per heavy atom. The van der Waals surface area contributed by atoms with Crippen molar-refractivity contribution >= 4 is 27.5 Å². The van der Waals surface area contributed by atoms with E-state index in [9.17, 15) is 4.39 Å². The van der Waals surface area contributed by atoms with E-state index in [-0.39, 0.29) is 5.82 Å². The quantitative estimate of drug-likeness (QED) is 0.515.